The molecular formula is C20H19ClN2O5S. The average molecular weight is 435 g/mol. The normalized spacial score (nSPS) is 10.7. The van der Waals surface area contributed by atoms with Gasteiger partial charge in [-0.15, -0.1) is 11.3 Å². The first-order chi connectivity index (χ1) is 13.8. The Morgan fingerprint density at radius 2 is 2.03 bits per heavy atom. The highest BCUT2D eigenvalue weighted by Crippen LogP contribution is 2.33. The van der Waals surface area contributed by atoms with Crippen molar-refractivity contribution in [2.45, 2.75) is 27.4 Å². The number of methoxy groups -OCH3 is 1. The molecule has 0 saturated carbocycles. The van der Waals surface area contributed by atoms with E-state index >= 15 is 0 Å². The minimum Gasteiger partial charge on any atom is -0.489 e. The number of carbonyl (C=O) groups is 2. The highest BCUT2D eigenvalue weighted by atomic mass is 35.5. The number of aryl methyl sites for hydroxylation is 2. The summed E-state index contributed by atoms with van der Waals surface area (Å²) in [7, 11) is 1.30. The van der Waals surface area contributed by atoms with Crippen molar-refractivity contribution >= 4 is 39.8 Å². The molecule has 2 heterocycles. The van der Waals surface area contributed by atoms with E-state index in [-0.39, 0.29) is 12.3 Å². The third kappa shape index (κ3) is 4.44. The highest BCUT2D eigenvalue weighted by molar-refractivity contribution is 7.16. The molecule has 29 heavy (non-hydrogen) atoms. The number of nitrogens with zero attached hydrogens (tertiary/aromatic N) is 1. The number of benzene rings is 1. The van der Waals surface area contributed by atoms with Crippen molar-refractivity contribution in [1.29, 1.82) is 0 Å². The van der Waals surface area contributed by atoms with Gasteiger partial charge < -0.3 is 19.3 Å². The smallest absolute Gasteiger partial charge is 0.341 e. The standard InChI is InChI=1S/C20H19ClN2O5S/c1-10-12(3)29-19(16(10)20(25)26-4)22-18(24)17-15(11(2)28-23-17)9-27-14-7-5-6-13(21)8-14/h5-8H,9H2,1-4H3,(H,22,24). The van der Waals surface area contributed by atoms with Gasteiger partial charge in [0, 0.05) is 9.90 Å². The number of carbonyl (C=O) groups excluding carboxylic acids is 2. The van der Waals surface area contributed by atoms with E-state index in [2.05, 4.69) is 10.5 Å². The molecule has 0 fully saturated rings. The molecule has 1 amide bonds. The fraction of sp³-hybridized carbons (Fsp3) is 0.250. The van der Waals surface area contributed by atoms with E-state index in [0.717, 1.165) is 10.4 Å². The van der Waals surface area contributed by atoms with Gasteiger partial charge >= 0.3 is 5.97 Å². The minimum atomic E-state index is -0.511. The van der Waals surface area contributed by atoms with Gasteiger partial charge in [0.05, 0.1) is 18.2 Å². The molecular weight excluding hydrogens is 416 g/mol. The van der Waals surface area contributed by atoms with Crippen molar-refractivity contribution in [2.75, 3.05) is 12.4 Å². The molecule has 152 valence electrons. The van der Waals surface area contributed by atoms with Crippen LogP contribution in [0.5, 0.6) is 5.75 Å². The van der Waals surface area contributed by atoms with Gasteiger partial charge in [-0.3, -0.25) is 4.79 Å². The van der Waals surface area contributed by atoms with E-state index in [1.165, 1.54) is 18.4 Å². The van der Waals surface area contributed by atoms with Crippen LogP contribution in [0.4, 0.5) is 5.00 Å². The van der Waals surface area contributed by atoms with Crippen molar-refractivity contribution in [3.63, 3.8) is 0 Å². The fourth-order valence-electron chi connectivity index (χ4n) is 2.68. The molecule has 7 nitrogen and oxygen atoms in total. The van der Waals surface area contributed by atoms with Gasteiger partial charge in [-0.05, 0) is 44.5 Å². The molecule has 9 heteroatoms. The number of amides is 1. The van der Waals surface area contributed by atoms with Gasteiger partial charge in [-0.1, -0.05) is 22.8 Å². The lowest BCUT2D eigenvalue weighted by atomic mass is 10.1. The highest BCUT2D eigenvalue weighted by Gasteiger charge is 2.25. The second kappa shape index (κ2) is 8.67. The Balaban J connectivity index is 1.83. The summed E-state index contributed by atoms with van der Waals surface area (Å²) in [6.45, 7) is 5.44. The van der Waals surface area contributed by atoms with Crippen molar-refractivity contribution in [3.8, 4) is 5.75 Å². The van der Waals surface area contributed by atoms with Crippen LogP contribution < -0.4 is 10.1 Å². The number of nitrogens with one attached hydrogen (secondary N) is 1. The molecule has 0 saturated heterocycles. The number of thiophene rings is 1. The topological polar surface area (TPSA) is 90.7 Å². The van der Waals surface area contributed by atoms with E-state index in [1.807, 2.05) is 6.92 Å². The van der Waals surface area contributed by atoms with E-state index in [9.17, 15) is 9.59 Å². The van der Waals surface area contributed by atoms with Crippen LogP contribution in [0, 0.1) is 20.8 Å². The quantitative estimate of drug-likeness (QED) is 0.553. The maximum absolute atomic E-state index is 12.8. The molecule has 1 N–H and O–H groups in total. The Hall–Kier alpha value is -2.84. The summed E-state index contributed by atoms with van der Waals surface area (Å²) in [6.07, 6.45) is 0. The molecule has 0 aliphatic rings. The monoisotopic (exact) mass is 434 g/mol. The van der Waals surface area contributed by atoms with Gasteiger partial charge in [0.25, 0.3) is 5.91 Å². The zero-order valence-electron chi connectivity index (χ0n) is 16.3. The molecule has 0 bridgehead atoms. The average Bonchev–Trinajstić information content (AvgIpc) is 3.19. The van der Waals surface area contributed by atoms with Crippen LogP contribution in [0.25, 0.3) is 0 Å². The first-order valence-corrected chi connectivity index (χ1v) is 9.84. The van der Waals surface area contributed by atoms with Gasteiger partial charge in [-0.25, -0.2) is 4.79 Å². The van der Waals surface area contributed by atoms with E-state index < -0.39 is 11.9 Å². The summed E-state index contributed by atoms with van der Waals surface area (Å²) >= 11 is 7.26. The zero-order chi connectivity index (χ0) is 21.1. The Bertz CT molecular complexity index is 1070. The Morgan fingerprint density at radius 3 is 2.72 bits per heavy atom. The molecule has 0 atom stereocenters. The van der Waals surface area contributed by atoms with Crippen LogP contribution in [0.3, 0.4) is 0 Å². The van der Waals surface area contributed by atoms with E-state index in [1.54, 1.807) is 38.1 Å². The van der Waals surface area contributed by atoms with Gasteiger partial charge in [0.15, 0.2) is 5.69 Å². The summed E-state index contributed by atoms with van der Waals surface area (Å²) in [5.74, 6) is 0.00629. The molecule has 1 aromatic carbocycles. The second-order valence-corrected chi connectivity index (χ2v) is 7.91. The van der Waals surface area contributed by atoms with Crippen LogP contribution in [0.1, 0.15) is 42.6 Å². The number of hydrogen-bond acceptors (Lipinski definition) is 7. The summed E-state index contributed by atoms with van der Waals surface area (Å²) in [4.78, 5) is 25.9. The Morgan fingerprint density at radius 1 is 1.28 bits per heavy atom. The summed E-state index contributed by atoms with van der Waals surface area (Å²) in [6, 6.07) is 6.93. The number of esters is 1. The van der Waals surface area contributed by atoms with E-state index in [4.69, 9.17) is 25.6 Å². The van der Waals surface area contributed by atoms with Gasteiger partial charge in [0.1, 0.15) is 23.1 Å². The van der Waals surface area contributed by atoms with Crippen LogP contribution in [0.2, 0.25) is 5.02 Å². The van der Waals surface area contributed by atoms with Crippen LogP contribution >= 0.6 is 22.9 Å². The fourth-order valence-corrected chi connectivity index (χ4v) is 3.90. The maximum Gasteiger partial charge on any atom is 0.341 e. The maximum atomic E-state index is 12.8. The number of aromatic nitrogens is 1. The third-order valence-corrected chi connectivity index (χ3v) is 5.74. The zero-order valence-corrected chi connectivity index (χ0v) is 17.9. The minimum absolute atomic E-state index is 0.0742. The SMILES string of the molecule is COC(=O)c1c(NC(=O)c2noc(C)c2COc2cccc(Cl)c2)sc(C)c1C. The van der Waals surface area contributed by atoms with Crippen LogP contribution in [-0.2, 0) is 11.3 Å². The first kappa shape index (κ1) is 20.9. The lowest BCUT2D eigenvalue weighted by Crippen LogP contribution is -2.17. The summed E-state index contributed by atoms with van der Waals surface area (Å²) in [5.41, 5.74) is 1.69. The number of rotatable bonds is 6. The van der Waals surface area contributed by atoms with Crippen molar-refractivity contribution in [3.05, 3.63) is 62.3 Å². The molecule has 0 aliphatic carbocycles. The number of hydrogen-bond donors (Lipinski definition) is 1. The predicted octanol–water partition coefficient (Wildman–Crippen LogP) is 4.93. The summed E-state index contributed by atoms with van der Waals surface area (Å²) in [5, 5.41) is 7.55. The molecule has 3 rings (SSSR count). The van der Waals surface area contributed by atoms with Crippen LogP contribution in [0.15, 0.2) is 28.8 Å². The lowest BCUT2D eigenvalue weighted by Gasteiger charge is -2.08. The number of anilines is 1. The molecule has 0 unspecified atom stereocenters. The largest absolute Gasteiger partial charge is 0.489 e. The number of halogens is 1. The molecule has 2 aromatic heterocycles. The second-order valence-electron chi connectivity index (χ2n) is 6.25. The predicted molar refractivity (Wildman–Crippen MR) is 110 cm³/mol. The number of ether oxygens (including phenoxy) is 2. The van der Waals surface area contributed by atoms with E-state index in [0.29, 0.717) is 32.7 Å². The van der Waals surface area contributed by atoms with Gasteiger partial charge in [-0.2, -0.15) is 0 Å². The summed E-state index contributed by atoms with van der Waals surface area (Å²) < 4.78 is 15.7. The van der Waals surface area contributed by atoms with Crippen molar-refractivity contribution < 1.29 is 23.6 Å². The first-order valence-electron chi connectivity index (χ1n) is 8.65. The van der Waals surface area contributed by atoms with Crippen LogP contribution in [-0.4, -0.2) is 24.1 Å². The van der Waals surface area contributed by atoms with Gasteiger partial charge in [0.2, 0.25) is 0 Å². The molecule has 0 aliphatic heterocycles. The Kier molecular flexibility index (Phi) is 6.24. The molecule has 3 aromatic rings. The third-order valence-electron chi connectivity index (χ3n) is 4.38. The lowest BCUT2D eigenvalue weighted by molar-refractivity contribution is 0.0601. The molecule has 0 radical (unpaired) electrons. The Labute approximate surface area is 176 Å². The molecule has 0 spiro atoms. The van der Waals surface area contributed by atoms with Crippen molar-refractivity contribution in [1.82, 2.24) is 5.16 Å². The van der Waals surface area contributed by atoms with Crippen molar-refractivity contribution in [2.24, 2.45) is 0 Å².